The topological polar surface area (TPSA) is 65.7 Å². The molecule has 2 aromatic rings. The van der Waals surface area contributed by atoms with Crippen LogP contribution in [-0.2, 0) is 17.5 Å². The van der Waals surface area contributed by atoms with Gasteiger partial charge in [0.15, 0.2) is 0 Å². The summed E-state index contributed by atoms with van der Waals surface area (Å²) in [5, 5.41) is 12.3. The lowest BCUT2D eigenvalue weighted by Gasteiger charge is -2.42. The van der Waals surface area contributed by atoms with Crippen molar-refractivity contribution >= 4 is 5.97 Å². The van der Waals surface area contributed by atoms with E-state index in [0.717, 1.165) is 25.0 Å². The largest absolute Gasteiger partial charge is 0.480 e. The van der Waals surface area contributed by atoms with Gasteiger partial charge in [-0.05, 0) is 43.7 Å². The number of hydrogen-bond acceptors (Lipinski definition) is 4. The summed E-state index contributed by atoms with van der Waals surface area (Å²) in [6.07, 6.45) is -2.66. The summed E-state index contributed by atoms with van der Waals surface area (Å²) in [6, 6.07) is 9.02. The molecule has 5 nitrogen and oxygen atoms in total. The van der Waals surface area contributed by atoms with Gasteiger partial charge in [-0.3, -0.25) is 9.69 Å². The molecule has 0 saturated heterocycles. The molecule has 28 heavy (non-hydrogen) atoms. The van der Waals surface area contributed by atoms with E-state index in [2.05, 4.69) is 5.32 Å². The van der Waals surface area contributed by atoms with Gasteiger partial charge in [0.1, 0.15) is 11.5 Å². The summed E-state index contributed by atoms with van der Waals surface area (Å²) in [5.74, 6) is 0.220. The number of likely N-dealkylation sites (N-methyl/N-ethyl adjacent to an activating group) is 1. The number of rotatable bonds is 8. The van der Waals surface area contributed by atoms with E-state index in [-0.39, 0.29) is 18.6 Å². The zero-order chi connectivity index (χ0) is 20.3. The van der Waals surface area contributed by atoms with Crippen molar-refractivity contribution < 1.29 is 27.5 Å². The van der Waals surface area contributed by atoms with Crippen LogP contribution < -0.4 is 5.32 Å². The van der Waals surface area contributed by atoms with Gasteiger partial charge in [-0.1, -0.05) is 19.1 Å². The van der Waals surface area contributed by atoms with Crippen LogP contribution in [0.4, 0.5) is 13.2 Å². The highest BCUT2D eigenvalue weighted by Crippen LogP contribution is 2.33. The first kappa shape index (κ1) is 20.4. The molecule has 1 aliphatic carbocycles. The Morgan fingerprint density at radius 1 is 1.29 bits per heavy atom. The molecule has 3 rings (SSSR count). The maximum absolute atomic E-state index is 12.9. The van der Waals surface area contributed by atoms with E-state index in [4.69, 9.17) is 9.52 Å². The van der Waals surface area contributed by atoms with Crippen LogP contribution in [0.25, 0.3) is 11.3 Å². The summed E-state index contributed by atoms with van der Waals surface area (Å²) in [6.45, 7) is 3.16. The molecule has 8 heteroatoms. The van der Waals surface area contributed by atoms with Crippen molar-refractivity contribution in [3.05, 3.63) is 47.7 Å². The third kappa shape index (κ3) is 4.94. The molecule has 1 aromatic carbocycles. The van der Waals surface area contributed by atoms with E-state index in [9.17, 15) is 18.0 Å². The Morgan fingerprint density at radius 2 is 2.04 bits per heavy atom. The van der Waals surface area contributed by atoms with Crippen molar-refractivity contribution in [3.63, 3.8) is 0 Å². The fourth-order valence-electron chi connectivity index (χ4n) is 3.45. The van der Waals surface area contributed by atoms with E-state index >= 15 is 0 Å². The number of halogens is 3. The van der Waals surface area contributed by atoms with Gasteiger partial charge in [0.05, 0.1) is 18.7 Å². The van der Waals surface area contributed by atoms with E-state index in [1.54, 1.807) is 18.2 Å². The minimum absolute atomic E-state index is 0.0480. The molecule has 1 saturated carbocycles. The van der Waals surface area contributed by atoms with Crippen molar-refractivity contribution in [2.75, 3.05) is 13.1 Å². The molecule has 2 N–H and O–H groups in total. The SMILES string of the molecule is CCN(CC(=O)O)C1CC(NCc2ccc(-c3cccc(C(F)(F)F)c3)o2)C1. The number of nitrogens with zero attached hydrogens (tertiary/aromatic N) is 1. The Labute approximate surface area is 161 Å². The zero-order valence-electron chi connectivity index (χ0n) is 15.5. The molecule has 1 aromatic heterocycles. The number of carboxylic acids is 1. The van der Waals surface area contributed by atoms with Gasteiger partial charge in [0.25, 0.3) is 0 Å². The molecule has 0 unspecified atom stereocenters. The Balaban J connectivity index is 1.52. The molecule has 152 valence electrons. The first-order valence-electron chi connectivity index (χ1n) is 9.22. The van der Waals surface area contributed by atoms with Crippen LogP contribution in [0, 0.1) is 0 Å². The zero-order valence-corrected chi connectivity index (χ0v) is 15.5. The molecular weight excluding hydrogens is 373 g/mol. The van der Waals surface area contributed by atoms with Crippen LogP contribution >= 0.6 is 0 Å². The van der Waals surface area contributed by atoms with E-state index in [0.29, 0.717) is 30.2 Å². The van der Waals surface area contributed by atoms with Gasteiger partial charge in [-0.15, -0.1) is 0 Å². The van der Waals surface area contributed by atoms with Gasteiger partial charge in [0, 0.05) is 17.6 Å². The minimum Gasteiger partial charge on any atom is -0.480 e. The number of furan rings is 1. The molecule has 0 spiro atoms. The van der Waals surface area contributed by atoms with Crippen LogP contribution in [-0.4, -0.2) is 41.1 Å². The predicted molar refractivity (Wildman–Crippen MR) is 97.7 cm³/mol. The fraction of sp³-hybridized carbons (Fsp3) is 0.450. The summed E-state index contributed by atoms with van der Waals surface area (Å²) >= 11 is 0. The Bertz CT molecular complexity index is 813. The summed E-state index contributed by atoms with van der Waals surface area (Å²) in [5.41, 5.74) is -0.319. The first-order valence-corrected chi connectivity index (χ1v) is 9.22. The average molecular weight is 396 g/mol. The van der Waals surface area contributed by atoms with Crippen LogP contribution in [0.5, 0.6) is 0 Å². The summed E-state index contributed by atoms with van der Waals surface area (Å²) in [7, 11) is 0. The normalized spacial score (nSPS) is 19.6. The van der Waals surface area contributed by atoms with Gasteiger partial charge >= 0.3 is 12.1 Å². The minimum atomic E-state index is -4.39. The molecule has 0 radical (unpaired) electrons. The lowest BCUT2D eigenvalue weighted by atomic mass is 9.85. The monoisotopic (exact) mass is 396 g/mol. The second kappa shape index (κ2) is 8.36. The van der Waals surface area contributed by atoms with Crippen LogP contribution in [0.3, 0.4) is 0 Å². The number of alkyl halides is 3. The lowest BCUT2D eigenvalue weighted by Crippen LogP contribution is -2.53. The number of benzene rings is 1. The maximum Gasteiger partial charge on any atom is 0.416 e. The van der Waals surface area contributed by atoms with Gasteiger partial charge in [-0.25, -0.2) is 0 Å². The van der Waals surface area contributed by atoms with Gasteiger partial charge in [-0.2, -0.15) is 13.2 Å². The van der Waals surface area contributed by atoms with Crippen molar-refractivity contribution in [2.24, 2.45) is 0 Å². The maximum atomic E-state index is 12.9. The highest BCUT2D eigenvalue weighted by Gasteiger charge is 2.33. The number of carboxylic acid groups (broad SMARTS) is 1. The molecule has 0 bridgehead atoms. The third-order valence-corrected chi connectivity index (χ3v) is 5.08. The predicted octanol–water partition coefficient (Wildman–Crippen LogP) is 3.99. The molecule has 1 fully saturated rings. The van der Waals surface area contributed by atoms with Crippen LogP contribution in [0.1, 0.15) is 31.1 Å². The van der Waals surface area contributed by atoms with E-state index in [1.165, 1.54) is 6.07 Å². The van der Waals surface area contributed by atoms with Crippen LogP contribution in [0.15, 0.2) is 40.8 Å². The summed E-state index contributed by atoms with van der Waals surface area (Å²) < 4.78 is 44.2. The van der Waals surface area contributed by atoms with Crippen molar-refractivity contribution in [1.82, 2.24) is 10.2 Å². The third-order valence-electron chi connectivity index (χ3n) is 5.08. The highest BCUT2D eigenvalue weighted by atomic mass is 19.4. The smallest absolute Gasteiger partial charge is 0.416 e. The second-order valence-electron chi connectivity index (χ2n) is 7.00. The molecular formula is C20H23F3N2O3. The van der Waals surface area contributed by atoms with E-state index in [1.807, 2.05) is 11.8 Å². The number of hydrogen-bond donors (Lipinski definition) is 2. The molecule has 1 heterocycles. The number of carbonyl (C=O) groups is 1. The van der Waals surface area contributed by atoms with Crippen molar-refractivity contribution in [3.8, 4) is 11.3 Å². The standard InChI is InChI=1S/C20H23F3N2O3/c1-2-25(12-19(26)27)16-9-15(10-16)24-11-17-6-7-18(28-17)13-4-3-5-14(8-13)20(21,22)23/h3-8,15-16,24H,2,9-12H2,1H3,(H,26,27). The molecule has 1 aliphatic rings. The fourth-order valence-corrected chi connectivity index (χ4v) is 3.45. The number of aliphatic carboxylic acids is 1. The molecule has 0 atom stereocenters. The lowest BCUT2D eigenvalue weighted by molar-refractivity contribution is -0.139. The Hall–Kier alpha value is -2.32. The average Bonchev–Trinajstić information content (AvgIpc) is 3.07. The Morgan fingerprint density at radius 3 is 2.68 bits per heavy atom. The number of nitrogens with one attached hydrogen (secondary N) is 1. The quantitative estimate of drug-likeness (QED) is 0.706. The Kier molecular flexibility index (Phi) is 6.10. The second-order valence-corrected chi connectivity index (χ2v) is 7.00. The van der Waals surface area contributed by atoms with Crippen LogP contribution in [0.2, 0.25) is 0 Å². The van der Waals surface area contributed by atoms with Gasteiger partial charge < -0.3 is 14.8 Å². The van der Waals surface area contributed by atoms with Crippen molar-refractivity contribution in [2.45, 2.75) is 44.6 Å². The van der Waals surface area contributed by atoms with Gasteiger partial charge in [0.2, 0.25) is 0 Å². The molecule has 0 aliphatic heterocycles. The highest BCUT2D eigenvalue weighted by molar-refractivity contribution is 5.69. The van der Waals surface area contributed by atoms with Crippen molar-refractivity contribution in [1.29, 1.82) is 0 Å². The van der Waals surface area contributed by atoms with E-state index < -0.39 is 17.7 Å². The first-order chi connectivity index (χ1) is 13.3. The molecule has 0 amide bonds. The summed E-state index contributed by atoms with van der Waals surface area (Å²) in [4.78, 5) is 12.8.